The molecule has 0 spiro atoms. The van der Waals surface area contributed by atoms with Gasteiger partial charge in [-0.15, -0.1) is 0 Å². The number of fused-ring (bicyclic) bond motifs is 1. The molecule has 0 bridgehead atoms. The number of nitrogens with zero attached hydrogens (tertiary/aromatic N) is 2. The maximum absolute atomic E-state index is 11.7. The number of methoxy groups -OCH3 is 2. The van der Waals surface area contributed by atoms with Crippen LogP contribution < -0.4 is 14.3 Å². The number of aromatic nitrogens is 1. The van der Waals surface area contributed by atoms with Gasteiger partial charge in [-0.1, -0.05) is 25.2 Å². The number of ether oxygens (including phenoxy) is 2. The Morgan fingerprint density at radius 3 is 2.48 bits per heavy atom. The van der Waals surface area contributed by atoms with Gasteiger partial charge in [0.25, 0.3) is 0 Å². The number of amides is 1. The third kappa shape index (κ3) is 2.95. The van der Waals surface area contributed by atoms with Gasteiger partial charge in [0, 0.05) is 13.0 Å². The molecule has 0 aliphatic carbocycles. The molecule has 114 valence electrons. The van der Waals surface area contributed by atoms with Gasteiger partial charge < -0.3 is 14.0 Å². The van der Waals surface area contributed by atoms with Crippen molar-refractivity contribution in [2.45, 2.75) is 33.2 Å². The summed E-state index contributed by atoms with van der Waals surface area (Å²) in [6.07, 6.45) is 1.34. The Balaban J connectivity index is 2.84. The lowest BCUT2D eigenvalue weighted by Gasteiger charge is -2.09. The highest BCUT2D eigenvalue weighted by Gasteiger charge is 2.15. The summed E-state index contributed by atoms with van der Waals surface area (Å²) in [5.41, 5.74) is 0.936. The molecule has 0 saturated heterocycles. The van der Waals surface area contributed by atoms with Gasteiger partial charge in [0.15, 0.2) is 4.80 Å². The molecule has 1 amide bonds. The minimum Gasteiger partial charge on any atom is -0.495 e. The van der Waals surface area contributed by atoms with Crippen molar-refractivity contribution in [3.05, 3.63) is 16.9 Å². The Labute approximate surface area is 127 Å². The Bertz CT molecular complexity index is 716. The minimum absolute atomic E-state index is 0.121. The zero-order valence-corrected chi connectivity index (χ0v) is 13.6. The third-order valence-electron chi connectivity index (χ3n) is 3.16. The number of hydrogen-bond donors (Lipinski definition) is 0. The molecular weight excluding hydrogens is 288 g/mol. The van der Waals surface area contributed by atoms with Crippen LogP contribution in [-0.2, 0) is 11.3 Å². The van der Waals surface area contributed by atoms with Crippen LogP contribution in [0.3, 0.4) is 0 Å². The highest BCUT2D eigenvalue weighted by molar-refractivity contribution is 7.16. The number of hydrogen-bond acceptors (Lipinski definition) is 4. The van der Waals surface area contributed by atoms with Crippen molar-refractivity contribution in [3.63, 3.8) is 0 Å². The van der Waals surface area contributed by atoms with E-state index in [1.165, 1.54) is 11.3 Å². The van der Waals surface area contributed by atoms with Crippen molar-refractivity contribution >= 4 is 27.5 Å². The Hall–Kier alpha value is -1.82. The van der Waals surface area contributed by atoms with Gasteiger partial charge in [-0.3, -0.25) is 4.79 Å². The molecule has 6 heteroatoms. The number of rotatable bonds is 5. The maximum Gasteiger partial charge on any atom is 0.248 e. The van der Waals surface area contributed by atoms with Crippen molar-refractivity contribution < 1.29 is 14.3 Å². The summed E-state index contributed by atoms with van der Waals surface area (Å²) in [4.78, 5) is 16.6. The molecule has 21 heavy (non-hydrogen) atoms. The number of thiazole rings is 1. The zero-order chi connectivity index (χ0) is 15.4. The van der Waals surface area contributed by atoms with Crippen molar-refractivity contribution in [1.29, 1.82) is 0 Å². The standard InChI is InChI=1S/C15H20N2O3S/c1-5-9-17-13-10(19-3)7-8-11(20-4)14(13)21-15(17)16-12(18)6-2/h7-8H,5-6,9H2,1-4H3. The normalized spacial score (nSPS) is 11.9. The van der Waals surface area contributed by atoms with Gasteiger partial charge >= 0.3 is 0 Å². The highest BCUT2D eigenvalue weighted by Crippen LogP contribution is 2.35. The fourth-order valence-electron chi connectivity index (χ4n) is 2.16. The van der Waals surface area contributed by atoms with E-state index in [2.05, 4.69) is 11.9 Å². The first-order valence-corrected chi connectivity index (χ1v) is 7.79. The second kappa shape index (κ2) is 6.76. The molecule has 0 atom stereocenters. The van der Waals surface area contributed by atoms with Crippen LogP contribution in [-0.4, -0.2) is 24.7 Å². The fraction of sp³-hybridized carbons (Fsp3) is 0.467. The quantitative estimate of drug-likeness (QED) is 0.853. The molecule has 0 fully saturated rings. The highest BCUT2D eigenvalue weighted by atomic mass is 32.1. The van der Waals surface area contributed by atoms with E-state index >= 15 is 0 Å². The summed E-state index contributed by atoms with van der Waals surface area (Å²) in [5.74, 6) is 1.41. The molecule has 5 nitrogen and oxygen atoms in total. The van der Waals surface area contributed by atoms with Crippen molar-refractivity contribution in [2.75, 3.05) is 14.2 Å². The van der Waals surface area contributed by atoms with Crippen LogP contribution in [0.4, 0.5) is 0 Å². The lowest BCUT2D eigenvalue weighted by Crippen LogP contribution is -2.16. The first kappa shape index (κ1) is 15.6. The molecule has 1 aromatic heterocycles. The lowest BCUT2D eigenvalue weighted by molar-refractivity contribution is -0.117. The molecule has 1 aromatic carbocycles. The average Bonchev–Trinajstić information content (AvgIpc) is 2.85. The van der Waals surface area contributed by atoms with Crippen LogP contribution in [0.2, 0.25) is 0 Å². The summed E-state index contributed by atoms with van der Waals surface area (Å²) < 4.78 is 13.9. The molecule has 2 aromatic rings. The van der Waals surface area contributed by atoms with E-state index in [0.717, 1.165) is 34.7 Å². The molecule has 1 heterocycles. The molecule has 0 unspecified atom stereocenters. The molecule has 0 aliphatic rings. The summed E-state index contributed by atoms with van der Waals surface area (Å²) in [6, 6.07) is 3.75. The van der Waals surface area contributed by atoms with E-state index in [4.69, 9.17) is 9.47 Å². The minimum atomic E-state index is -0.121. The van der Waals surface area contributed by atoms with Crippen LogP contribution in [0.5, 0.6) is 11.5 Å². The predicted molar refractivity (Wildman–Crippen MR) is 84.1 cm³/mol. The maximum atomic E-state index is 11.7. The summed E-state index contributed by atoms with van der Waals surface area (Å²) in [5, 5.41) is 0. The van der Waals surface area contributed by atoms with Crippen LogP contribution in [0, 0.1) is 0 Å². The lowest BCUT2D eigenvalue weighted by atomic mass is 10.3. The fourth-order valence-corrected chi connectivity index (χ4v) is 3.34. The van der Waals surface area contributed by atoms with E-state index < -0.39 is 0 Å². The second-order valence-corrected chi connectivity index (χ2v) is 5.52. The smallest absolute Gasteiger partial charge is 0.248 e. The number of carbonyl (C=O) groups is 1. The van der Waals surface area contributed by atoms with E-state index in [-0.39, 0.29) is 5.91 Å². The van der Waals surface area contributed by atoms with E-state index in [1.54, 1.807) is 14.2 Å². The van der Waals surface area contributed by atoms with E-state index in [9.17, 15) is 4.79 Å². The van der Waals surface area contributed by atoms with Gasteiger partial charge in [-0.05, 0) is 18.6 Å². The molecule has 0 N–H and O–H groups in total. The zero-order valence-electron chi connectivity index (χ0n) is 12.8. The largest absolute Gasteiger partial charge is 0.495 e. The van der Waals surface area contributed by atoms with Crippen LogP contribution in [0.15, 0.2) is 17.1 Å². The predicted octanol–water partition coefficient (Wildman–Crippen LogP) is 2.97. The van der Waals surface area contributed by atoms with Crippen LogP contribution >= 0.6 is 11.3 Å². The van der Waals surface area contributed by atoms with Crippen molar-refractivity contribution in [3.8, 4) is 11.5 Å². The van der Waals surface area contributed by atoms with Gasteiger partial charge in [0.1, 0.15) is 21.7 Å². The topological polar surface area (TPSA) is 52.8 Å². The van der Waals surface area contributed by atoms with E-state index in [0.29, 0.717) is 11.2 Å². The number of aryl methyl sites for hydroxylation is 1. The van der Waals surface area contributed by atoms with Crippen LogP contribution in [0.1, 0.15) is 26.7 Å². The second-order valence-electron chi connectivity index (χ2n) is 4.54. The SMILES string of the molecule is CCCn1c(=NC(=O)CC)sc2c(OC)ccc(OC)c21. The van der Waals surface area contributed by atoms with Crippen LogP contribution in [0.25, 0.3) is 10.2 Å². The Kier molecular flexibility index (Phi) is 5.01. The molecule has 0 saturated carbocycles. The summed E-state index contributed by atoms with van der Waals surface area (Å²) in [6.45, 7) is 4.68. The third-order valence-corrected chi connectivity index (χ3v) is 4.26. The van der Waals surface area contributed by atoms with Gasteiger partial charge in [0.2, 0.25) is 5.91 Å². The molecule has 0 aliphatic heterocycles. The molecule has 0 radical (unpaired) electrons. The Morgan fingerprint density at radius 2 is 1.90 bits per heavy atom. The first-order valence-electron chi connectivity index (χ1n) is 6.98. The summed E-state index contributed by atoms with van der Waals surface area (Å²) in [7, 11) is 3.28. The monoisotopic (exact) mass is 308 g/mol. The van der Waals surface area contributed by atoms with E-state index in [1.807, 2.05) is 23.6 Å². The van der Waals surface area contributed by atoms with Gasteiger partial charge in [-0.2, -0.15) is 4.99 Å². The Morgan fingerprint density at radius 1 is 1.24 bits per heavy atom. The number of carbonyl (C=O) groups excluding carboxylic acids is 1. The number of benzene rings is 1. The first-order chi connectivity index (χ1) is 10.2. The molecule has 2 rings (SSSR count). The van der Waals surface area contributed by atoms with Gasteiger partial charge in [0.05, 0.1) is 14.2 Å². The van der Waals surface area contributed by atoms with Crippen molar-refractivity contribution in [1.82, 2.24) is 4.57 Å². The van der Waals surface area contributed by atoms with Gasteiger partial charge in [-0.25, -0.2) is 0 Å². The molecular formula is C15H20N2O3S. The van der Waals surface area contributed by atoms with Crippen molar-refractivity contribution in [2.24, 2.45) is 4.99 Å². The summed E-state index contributed by atoms with van der Waals surface area (Å²) >= 11 is 1.46. The average molecular weight is 308 g/mol.